The number of alkyl carbamates (subject to hydrolysis) is 2. The van der Waals surface area contributed by atoms with Gasteiger partial charge in [-0.1, -0.05) is 91.0 Å². The van der Waals surface area contributed by atoms with Crippen LogP contribution in [0.3, 0.4) is 0 Å². The third-order valence-corrected chi connectivity index (χ3v) is 8.19. The molecule has 3 heterocycles. The molecule has 1 aliphatic rings. The molecule has 0 aliphatic carbocycles. The zero-order valence-electron chi connectivity index (χ0n) is 34.1. The number of H-pyrrole nitrogens is 2. The molecule has 2 aromatic carbocycles. The van der Waals surface area contributed by atoms with Crippen molar-refractivity contribution >= 4 is 24.0 Å². The van der Waals surface area contributed by atoms with E-state index < -0.39 is 24.1 Å². The van der Waals surface area contributed by atoms with Crippen molar-refractivity contribution in [3.05, 3.63) is 83.7 Å². The molecule has 0 spiro atoms. The molecule has 56 heavy (non-hydrogen) atoms. The molecule has 1 saturated heterocycles. The Morgan fingerprint density at radius 2 is 1.38 bits per heavy atom. The van der Waals surface area contributed by atoms with Crippen LogP contribution in [0.25, 0.3) is 22.5 Å². The second kappa shape index (κ2) is 24.3. The van der Waals surface area contributed by atoms with Gasteiger partial charge in [0.25, 0.3) is 0 Å². The minimum atomic E-state index is -0.669. The number of ether oxygens (including phenoxy) is 2. The Balaban J connectivity index is 0.000000539. The Morgan fingerprint density at radius 1 is 0.857 bits per heavy atom. The summed E-state index contributed by atoms with van der Waals surface area (Å²) in [5.74, 6) is 7.40. The van der Waals surface area contributed by atoms with Crippen LogP contribution in [0, 0.1) is 17.8 Å². The number of nitrogens with two attached hydrogens (primary N) is 1. The largest absolute Gasteiger partial charge is 0.453 e. The molecular weight excluding hydrogens is 713 g/mol. The van der Waals surface area contributed by atoms with Gasteiger partial charge in [0.1, 0.15) is 24.2 Å². The number of hydrogen-bond donors (Lipinski definition) is 5. The van der Waals surface area contributed by atoms with Crippen LogP contribution in [0.4, 0.5) is 9.59 Å². The van der Waals surface area contributed by atoms with Gasteiger partial charge >= 0.3 is 12.2 Å². The van der Waals surface area contributed by atoms with E-state index in [1.165, 1.54) is 20.6 Å². The highest BCUT2D eigenvalue weighted by Gasteiger charge is 2.32. The fourth-order valence-corrected chi connectivity index (χ4v) is 5.38. The summed E-state index contributed by atoms with van der Waals surface area (Å²) in [5.41, 5.74) is 10.8. The number of carbonyl (C=O) groups is 4. The first-order chi connectivity index (χ1) is 26.9. The molecule has 302 valence electrons. The number of nitrogens with zero attached hydrogens (tertiary/aromatic N) is 3. The lowest BCUT2D eigenvalue weighted by Crippen LogP contribution is -2.47. The van der Waals surface area contributed by atoms with E-state index in [2.05, 4.69) is 72.7 Å². The molecule has 14 nitrogen and oxygen atoms in total. The van der Waals surface area contributed by atoms with Crippen molar-refractivity contribution in [1.82, 2.24) is 35.5 Å². The summed E-state index contributed by atoms with van der Waals surface area (Å²) in [6, 6.07) is 15.3. The van der Waals surface area contributed by atoms with E-state index in [0.29, 0.717) is 6.54 Å². The maximum absolute atomic E-state index is 12.6. The van der Waals surface area contributed by atoms with E-state index >= 15 is 0 Å². The van der Waals surface area contributed by atoms with E-state index in [1.54, 1.807) is 24.9 Å². The van der Waals surface area contributed by atoms with Crippen LogP contribution in [0.15, 0.2) is 60.9 Å². The molecule has 14 heteroatoms. The van der Waals surface area contributed by atoms with Crippen LogP contribution in [0.5, 0.6) is 0 Å². The lowest BCUT2D eigenvalue weighted by atomic mass is 10.0. The van der Waals surface area contributed by atoms with Gasteiger partial charge in [0.05, 0.1) is 44.0 Å². The molecule has 2 unspecified atom stereocenters. The standard InChI is InChI=1S/C30H30N6O3.C7H14N2O3.C3H8.C2H6/c1-3-27-31-17-24(34-27)22-12-8-20(9-13-22)6-7-21-10-14-23(15-11-21)25-18-32-29(35-25)26-5-4-16-36(26)28(37)19-33-30(38)39-2;1-4(2)5(6(8)10)9-7(11)12-3;1-3-2;1-2/h8-15,17-18,26H,3-5,16,19H2,1-2H3,(H,31,34)(H,32,35)(H,33,38);4-5H,1-3H3,(H2,8,10)(H,9,11);3H2,1-2H3;1-2H3. The third-order valence-electron chi connectivity index (χ3n) is 8.19. The number of imidazole rings is 2. The molecule has 0 bridgehead atoms. The summed E-state index contributed by atoms with van der Waals surface area (Å²) in [6.45, 7) is 14.4. The van der Waals surface area contributed by atoms with Gasteiger partial charge < -0.3 is 40.7 Å². The van der Waals surface area contributed by atoms with Gasteiger partial charge in [-0.05, 0) is 54.2 Å². The Kier molecular flexibility index (Phi) is 20.0. The van der Waals surface area contributed by atoms with Crippen LogP contribution >= 0.6 is 0 Å². The number of aryl methyl sites for hydroxylation is 1. The predicted molar refractivity (Wildman–Crippen MR) is 218 cm³/mol. The number of amides is 4. The number of primary amides is 1. The van der Waals surface area contributed by atoms with Crippen molar-refractivity contribution in [2.45, 2.75) is 86.2 Å². The minimum absolute atomic E-state index is 0.0402. The van der Waals surface area contributed by atoms with Crippen LogP contribution in [0.2, 0.25) is 0 Å². The molecule has 4 aromatic rings. The number of methoxy groups -OCH3 is 2. The van der Waals surface area contributed by atoms with Gasteiger partial charge in [-0.2, -0.15) is 0 Å². The monoisotopic (exact) mass is 770 g/mol. The number of aromatic amines is 2. The summed E-state index contributed by atoms with van der Waals surface area (Å²) in [7, 11) is 2.50. The first-order valence-electron chi connectivity index (χ1n) is 19.0. The van der Waals surface area contributed by atoms with E-state index in [1.807, 2.05) is 68.6 Å². The average Bonchev–Trinajstić information content (AvgIpc) is 4.01. The highest BCUT2D eigenvalue weighted by molar-refractivity contribution is 5.84. The van der Waals surface area contributed by atoms with Gasteiger partial charge in [-0.3, -0.25) is 9.59 Å². The normalized spacial score (nSPS) is 13.2. The van der Waals surface area contributed by atoms with Gasteiger partial charge in [0.2, 0.25) is 11.8 Å². The van der Waals surface area contributed by atoms with Crippen LogP contribution in [0.1, 0.15) is 96.5 Å². The first kappa shape index (κ1) is 46.1. The average molecular weight is 771 g/mol. The van der Waals surface area contributed by atoms with Gasteiger partial charge in [0.15, 0.2) is 0 Å². The highest BCUT2D eigenvalue weighted by Crippen LogP contribution is 2.31. The SMILES string of the molecule is CC.CCC.CCc1ncc(-c2ccc(C#Cc3ccc(-c4cnc(C5CCCN5C(=O)CNC(=O)OC)[nH]4)cc3)cc2)[nH]1.COC(=O)NC(C(N)=O)C(C)C. The van der Waals surface area contributed by atoms with Crippen LogP contribution in [-0.4, -0.2) is 82.2 Å². The minimum Gasteiger partial charge on any atom is -0.453 e. The summed E-state index contributed by atoms with van der Waals surface area (Å²) in [6.07, 6.45) is 6.19. The number of aromatic nitrogens is 4. The smallest absolute Gasteiger partial charge is 0.407 e. The van der Waals surface area contributed by atoms with E-state index in [-0.39, 0.29) is 24.4 Å². The predicted octanol–water partition coefficient (Wildman–Crippen LogP) is 6.74. The molecule has 1 aliphatic heterocycles. The zero-order chi connectivity index (χ0) is 41.6. The summed E-state index contributed by atoms with van der Waals surface area (Å²) < 4.78 is 8.87. The first-order valence-corrected chi connectivity index (χ1v) is 19.0. The van der Waals surface area contributed by atoms with Crippen molar-refractivity contribution in [1.29, 1.82) is 0 Å². The second-order valence-electron chi connectivity index (χ2n) is 12.7. The van der Waals surface area contributed by atoms with Crippen molar-refractivity contribution in [2.24, 2.45) is 11.7 Å². The topological polar surface area (TPSA) is 197 Å². The number of rotatable bonds is 9. The zero-order valence-corrected chi connectivity index (χ0v) is 34.1. The lowest BCUT2D eigenvalue weighted by Gasteiger charge is -2.23. The summed E-state index contributed by atoms with van der Waals surface area (Å²) in [5, 5.41) is 4.78. The quantitative estimate of drug-likeness (QED) is 0.115. The van der Waals surface area contributed by atoms with Crippen LogP contribution in [-0.2, 0) is 25.5 Å². The number of hydrogen-bond acceptors (Lipinski definition) is 8. The Morgan fingerprint density at radius 3 is 1.84 bits per heavy atom. The van der Waals surface area contributed by atoms with E-state index in [4.69, 9.17) is 5.73 Å². The fraction of sp³-hybridized carbons (Fsp3) is 0.429. The van der Waals surface area contributed by atoms with Crippen molar-refractivity contribution < 1.29 is 28.7 Å². The van der Waals surface area contributed by atoms with E-state index in [0.717, 1.165) is 64.6 Å². The van der Waals surface area contributed by atoms with Crippen molar-refractivity contribution in [3.8, 4) is 34.4 Å². The Hall–Kier alpha value is -6.10. The molecule has 2 atom stereocenters. The third kappa shape index (κ3) is 14.3. The highest BCUT2D eigenvalue weighted by atomic mass is 16.5. The Bertz CT molecular complexity index is 1870. The number of carbonyl (C=O) groups excluding carboxylic acids is 4. The number of benzene rings is 2. The van der Waals surface area contributed by atoms with Gasteiger partial charge in [-0.15, -0.1) is 0 Å². The molecule has 1 fully saturated rings. The molecule has 6 N–H and O–H groups in total. The van der Waals surface area contributed by atoms with Crippen molar-refractivity contribution in [3.63, 3.8) is 0 Å². The number of likely N-dealkylation sites (tertiary alicyclic amines) is 1. The maximum atomic E-state index is 12.6. The van der Waals surface area contributed by atoms with Gasteiger partial charge in [-0.25, -0.2) is 19.6 Å². The summed E-state index contributed by atoms with van der Waals surface area (Å²) >= 11 is 0. The molecule has 4 amide bonds. The number of nitrogens with one attached hydrogen (secondary N) is 4. The van der Waals surface area contributed by atoms with Crippen molar-refractivity contribution in [2.75, 3.05) is 27.3 Å². The van der Waals surface area contributed by atoms with E-state index in [9.17, 15) is 19.2 Å². The fourth-order valence-electron chi connectivity index (χ4n) is 5.38. The van der Waals surface area contributed by atoms with Crippen LogP contribution < -0.4 is 16.4 Å². The molecule has 2 aromatic heterocycles. The molecule has 0 saturated carbocycles. The maximum Gasteiger partial charge on any atom is 0.407 e. The molecular formula is C42H58N8O6. The Labute approximate surface area is 330 Å². The van der Waals surface area contributed by atoms with Gasteiger partial charge in [0, 0.05) is 24.1 Å². The molecule has 0 radical (unpaired) electrons. The second-order valence-corrected chi connectivity index (χ2v) is 12.7. The molecule has 5 rings (SSSR count). The summed E-state index contributed by atoms with van der Waals surface area (Å²) in [4.78, 5) is 62.7. The lowest BCUT2D eigenvalue weighted by molar-refractivity contribution is -0.131.